The number of benzene rings is 2. The largest absolute Gasteiger partial charge is 0.464 e. The molecule has 142 valence electrons. The monoisotopic (exact) mass is 487 g/mol. The average Bonchev–Trinajstić information content (AvgIpc) is 3.26. The molecular formula is C21H18IN3O3. The van der Waals surface area contributed by atoms with Crippen LogP contribution in [0.25, 0.3) is 33.2 Å². The van der Waals surface area contributed by atoms with Crippen LogP contribution in [-0.4, -0.2) is 32.2 Å². The van der Waals surface area contributed by atoms with E-state index in [0.717, 1.165) is 45.7 Å². The third-order valence-corrected chi connectivity index (χ3v) is 5.91. The molecule has 2 aromatic heterocycles. The van der Waals surface area contributed by atoms with Gasteiger partial charge in [-0.25, -0.2) is 14.0 Å². The van der Waals surface area contributed by atoms with Crippen LogP contribution in [0.2, 0.25) is 0 Å². The first-order valence-electron chi connectivity index (χ1n) is 9.27. The average molecular weight is 487 g/mol. The van der Waals surface area contributed by atoms with Crippen molar-refractivity contribution in [1.29, 1.82) is 0 Å². The molecule has 1 fully saturated rings. The molecule has 1 aliphatic heterocycles. The van der Waals surface area contributed by atoms with Gasteiger partial charge in [-0.15, -0.1) is 0 Å². The molecule has 3 heterocycles. The molecule has 0 aliphatic carbocycles. The minimum absolute atomic E-state index is 0.118. The molecule has 0 amide bonds. The highest BCUT2D eigenvalue weighted by Crippen LogP contribution is 2.36. The molecule has 28 heavy (non-hydrogen) atoms. The predicted octanol–water partition coefficient (Wildman–Crippen LogP) is 5.49. The number of carbonyl (C=O) groups is 1. The smallest absolute Gasteiger partial charge is 0.416 e. The van der Waals surface area contributed by atoms with Gasteiger partial charge in [0.25, 0.3) is 0 Å². The highest BCUT2D eigenvalue weighted by Gasteiger charge is 2.25. The van der Waals surface area contributed by atoms with Crippen molar-refractivity contribution in [3.63, 3.8) is 0 Å². The summed E-state index contributed by atoms with van der Waals surface area (Å²) >= 11 is 2.27. The number of aromatic nitrogens is 3. The van der Waals surface area contributed by atoms with Gasteiger partial charge in [-0.1, -0.05) is 18.2 Å². The lowest BCUT2D eigenvalue weighted by Gasteiger charge is -2.23. The standard InChI is InChI=1S/C21H18IN3O3/c22-14-8-9-17-15(12-14)20(23-25(17)19-7-3-4-10-28-19)18-11-13-5-1-2-6-16(13)24(18)21(26)27/h1-2,5-6,8-9,11-12,19H,3-4,7,10H2,(H,26,27). The number of rotatable bonds is 2. The zero-order valence-electron chi connectivity index (χ0n) is 15.0. The lowest BCUT2D eigenvalue weighted by atomic mass is 10.1. The summed E-state index contributed by atoms with van der Waals surface area (Å²) < 4.78 is 10.3. The molecule has 1 aliphatic rings. The first-order valence-corrected chi connectivity index (χ1v) is 10.3. The molecule has 0 saturated carbocycles. The second-order valence-electron chi connectivity index (χ2n) is 6.98. The highest BCUT2D eigenvalue weighted by molar-refractivity contribution is 14.1. The van der Waals surface area contributed by atoms with Gasteiger partial charge < -0.3 is 9.84 Å². The number of hydrogen-bond donors (Lipinski definition) is 1. The number of carboxylic acid groups (broad SMARTS) is 1. The normalized spacial score (nSPS) is 17.4. The third-order valence-electron chi connectivity index (χ3n) is 5.24. The van der Waals surface area contributed by atoms with Crippen molar-refractivity contribution in [2.24, 2.45) is 0 Å². The lowest BCUT2D eigenvalue weighted by molar-refractivity contribution is -0.0365. The number of hydrogen-bond acceptors (Lipinski definition) is 3. The van der Waals surface area contributed by atoms with Crippen LogP contribution in [0.15, 0.2) is 48.5 Å². The Balaban J connectivity index is 1.80. The van der Waals surface area contributed by atoms with E-state index in [1.165, 1.54) is 4.57 Å². The topological polar surface area (TPSA) is 69.3 Å². The maximum atomic E-state index is 12.1. The molecule has 0 spiro atoms. The Kier molecular flexibility index (Phi) is 4.36. The molecular weight excluding hydrogens is 469 g/mol. The fourth-order valence-corrected chi connectivity index (χ4v) is 4.46. The molecule has 5 rings (SSSR count). The molecule has 1 atom stereocenters. The Morgan fingerprint density at radius 2 is 2.00 bits per heavy atom. The Labute approximate surface area is 174 Å². The minimum atomic E-state index is -1.02. The van der Waals surface area contributed by atoms with Gasteiger partial charge in [-0.05, 0) is 72.2 Å². The van der Waals surface area contributed by atoms with E-state index in [1.54, 1.807) is 0 Å². The molecule has 6 nitrogen and oxygen atoms in total. The summed E-state index contributed by atoms with van der Waals surface area (Å²) in [4.78, 5) is 12.1. The Morgan fingerprint density at radius 1 is 1.14 bits per heavy atom. The first-order chi connectivity index (χ1) is 13.6. The first kappa shape index (κ1) is 17.7. The number of fused-ring (bicyclic) bond motifs is 2. The van der Waals surface area contributed by atoms with Gasteiger partial charge in [0.1, 0.15) is 5.69 Å². The summed E-state index contributed by atoms with van der Waals surface area (Å²) in [6.45, 7) is 0.723. The fourth-order valence-electron chi connectivity index (χ4n) is 3.97. The van der Waals surface area contributed by atoms with E-state index in [9.17, 15) is 9.90 Å². The van der Waals surface area contributed by atoms with E-state index in [0.29, 0.717) is 16.9 Å². The lowest BCUT2D eigenvalue weighted by Crippen LogP contribution is -2.19. The third kappa shape index (κ3) is 2.80. The maximum absolute atomic E-state index is 12.1. The minimum Gasteiger partial charge on any atom is -0.464 e. The zero-order chi connectivity index (χ0) is 19.3. The van der Waals surface area contributed by atoms with E-state index in [4.69, 9.17) is 9.84 Å². The van der Waals surface area contributed by atoms with Crippen LogP contribution in [0, 0.1) is 3.57 Å². The molecule has 7 heteroatoms. The van der Waals surface area contributed by atoms with Crippen LogP contribution in [0.5, 0.6) is 0 Å². The maximum Gasteiger partial charge on any atom is 0.416 e. The van der Waals surface area contributed by atoms with Crippen molar-refractivity contribution < 1.29 is 14.6 Å². The van der Waals surface area contributed by atoms with Crippen LogP contribution < -0.4 is 0 Å². The van der Waals surface area contributed by atoms with E-state index in [-0.39, 0.29) is 6.23 Å². The van der Waals surface area contributed by atoms with Crippen molar-refractivity contribution in [3.05, 3.63) is 52.1 Å². The molecule has 0 radical (unpaired) electrons. The molecule has 1 unspecified atom stereocenters. The van der Waals surface area contributed by atoms with Crippen LogP contribution in [-0.2, 0) is 4.74 Å². The van der Waals surface area contributed by atoms with E-state index in [1.807, 2.05) is 47.1 Å². The van der Waals surface area contributed by atoms with Crippen molar-refractivity contribution in [2.75, 3.05) is 6.61 Å². The van der Waals surface area contributed by atoms with Gasteiger partial charge in [-0.2, -0.15) is 5.10 Å². The number of ether oxygens (including phenoxy) is 1. The quantitative estimate of drug-likeness (QED) is 0.380. The summed E-state index contributed by atoms with van der Waals surface area (Å²) in [5, 5.41) is 16.6. The summed E-state index contributed by atoms with van der Waals surface area (Å²) in [5.74, 6) is 0. The molecule has 1 N–H and O–H groups in total. The summed E-state index contributed by atoms with van der Waals surface area (Å²) in [6, 6.07) is 15.5. The molecule has 1 saturated heterocycles. The van der Waals surface area contributed by atoms with Crippen LogP contribution in [0.3, 0.4) is 0 Å². The SMILES string of the molecule is O=C(O)n1c(-c2nn(C3CCCCO3)c3ccc(I)cc23)cc2ccccc21. The van der Waals surface area contributed by atoms with Gasteiger partial charge >= 0.3 is 6.09 Å². The van der Waals surface area contributed by atoms with Gasteiger partial charge in [0.05, 0.1) is 16.7 Å². The van der Waals surface area contributed by atoms with Gasteiger partial charge in [0.2, 0.25) is 0 Å². The Hall–Kier alpha value is -2.39. The van der Waals surface area contributed by atoms with Crippen molar-refractivity contribution in [2.45, 2.75) is 25.5 Å². The molecule has 2 aromatic carbocycles. The number of para-hydroxylation sites is 1. The highest BCUT2D eigenvalue weighted by atomic mass is 127. The van der Waals surface area contributed by atoms with Gasteiger partial charge in [0, 0.05) is 20.9 Å². The summed E-state index contributed by atoms with van der Waals surface area (Å²) in [5.41, 5.74) is 2.87. The van der Waals surface area contributed by atoms with Gasteiger partial charge in [0.15, 0.2) is 6.23 Å². The number of nitrogens with zero attached hydrogens (tertiary/aromatic N) is 3. The summed E-state index contributed by atoms with van der Waals surface area (Å²) in [6.07, 6.45) is 1.94. The van der Waals surface area contributed by atoms with E-state index >= 15 is 0 Å². The molecule has 0 bridgehead atoms. The fraction of sp³-hybridized carbons (Fsp3) is 0.238. The zero-order valence-corrected chi connectivity index (χ0v) is 17.2. The van der Waals surface area contributed by atoms with E-state index in [2.05, 4.69) is 28.7 Å². The van der Waals surface area contributed by atoms with E-state index < -0.39 is 6.09 Å². The van der Waals surface area contributed by atoms with Crippen molar-refractivity contribution in [3.8, 4) is 11.4 Å². The second-order valence-corrected chi connectivity index (χ2v) is 8.23. The van der Waals surface area contributed by atoms with Crippen LogP contribution in [0.1, 0.15) is 25.5 Å². The Morgan fingerprint density at radius 3 is 2.79 bits per heavy atom. The molecule has 4 aromatic rings. The van der Waals surface area contributed by atoms with Crippen molar-refractivity contribution in [1.82, 2.24) is 14.3 Å². The Bertz CT molecular complexity index is 1200. The van der Waals surface area contributed by atoms with Crippen LogP contribution >= 0.6 is 22.6 Å². The van der Waals surface area contributed by atoms with Gasteiger partial charge in [-0.3, -0.25) is 0 Å². The van der Waals surface area contributed by atoms with Crippen molar-refractivity contribution >= 4 is 50.5 Å². The predicted molar refractivity (Wildman–Crippen MR) is 116 cm³/mol. The summed E-state index contributed by atoms with van der Waals surface area (Å²) in [7, 11) is 0. The van der Waals surface area contributed by atoms with Crippen LogP contribution in [0.4, 0.5) is 4.79 Å². The second kappa shape index (κ2) is 6.89. The number of halogens is 1.